The fraction of sp³-hybridized carbons (Fsp3) is 0.857. The normalized spacial score (nSPS) is 11.3. The van der Waals surface area contributed by atoms with Gasteiger partial charge in [0.1, 0.15) is 0 Å². The summed E-state index contributed by atoms with van der Waals surface area (Å²) >= 11 is 0. The standard InChI is InChI=1S/C14H27O/c1-2-3-4-5-6-7-8-9-10-11-12-13-14-15/h5-6H,2-4,7-14H2,1H3/b6-5-. The summed E-state index contributed by atoms with van der Waals surface area (Å²) in [4.78, 5) is 0. The van der Waals surface area contributed by atoms with E-state index < -0.39 is 0 Å². The second-order valence-electron chi connectivity index (χ2n) is 4.23. The van der Waals surface area contributed by atoms with E-state index in [9.17, 15) is 5.11 Å². The number of allylic oxidation sites excluding steroid dienone is 2. The van der Waals surface area contributed by atoms with Crippen molar-refractivity contribution < 1.29 is 5.11 Å². The van der Waals surface area contributed by atoms with Crippen molar-refractivity contribution in [2.45, 2.75) is 71.1 Å². The van der Waals surface area contributed by atoms with E-state index in [2.05, 4.69) is 19.1 Å². The van der Waals surface area contributed by atoms with Crippen LogP contribution in [0.2, 0.25) is 0 Å². The molecule has 0 aromatic carbocycles. The van der Waals surface area contributed by atoms with Crippen LogP contribution in [0.3, 0.4) is 0 Å². The molecule has 0 aliphatic carbocycles. The van der Waals surface area contributed by atoms with Gasteiger partial charge in [-0.3, -0.25) is 0 Å². The molecule has 0 unspecified atom stereocenters. The van der Waals surface area contributed by atoms with Crippen LogP contribution in [0, 0.1) is 0 Å². The van der Waals surface area contributed by atoms with E-state index in [-0.39, 0.29) is 6.61 Å². The second kappa shape index (κ2) is 13.7. The summed E-state index contributed by atoms with van der Waals surface area (Å²) < 4.78 is 0. The molecule has 0 spiro atoms. The molecule has 0 aromatic heterocycles. The van der Waals surface area contributed by atoms with Gasteiger partial charge in [0.15, 0.2) is 0 Å². The van der Waals surface area contributed by atoms with Gasteiger partial charge in [-0.2, -0.15) is 0 Å². The van der Waals surface area contributed by atoms with Gasteiger partial charge in [-0.05, 0) is 25.7 Å². The molecule has 0 rings (SSSR count). The van der Waals surface area contributed by atoms with Gasteiger partial charge in [-0.25, -0.2) is 5.11 Å². The van der Waals surface area contributed by atoms with Gasteiger partial charge in [0.2, 0.25) is 0 Å². The molecule has 1 nitrogen and oxygen atoms in total. The lowest BCUT2D eigenvalue weighted by atomic mass is 10.1. The van der Waals surface area contributed by atoms with Crippen LogP contribution in [0.1, 0.15) is 71.1 Å². The highest BCUT2D eigenvalue weighted by Gasteiger charge is 1.89. The smallest absolute Gasteiger partial charge is 0.0822 e. The minimum absolute atomic E-state index is 0.111. The van der Waals surface area contributed by atoms with Crippen LogP contribution < -0.4 is 0 Å². The summed E-state index contributed by atoms with van der Waals surface area (Å²) in [5, 5.41) is 10.2. The van der Waals surface area contributed by atoms with Crippen molar-refractivity contribution >= 4 is 0 Å². The van der Waals surface area contributed by atoms with Crippen molar-refractivity contribution in [3.8, 4) is 0 Å². The summed E-state index contributed by atoms with van der Waals surface area (Å²) in [6, 6.07) is 0. The zero-order valence-corrected chi connectivity index (χ0v) is 10.3. The Morgan fingerprint density at radius 3 is 1.87 bits per heavy atom. The maximum absolute atomic E-state index is 10.2. The van der Waals surface area contributed by atoms with Crippen molar-refractivity contribution in [3.05, 3.63) is 12.2 Å². The molecule has 0 N–H and O–H groups in total. The number of rotatable bonds is 11. The molecule has 1 heteroatoms. The zero-order valence-electron chi connectivity index (χ0n) is 10.3. The molecule has 0 atom stereocenters. The first-order valence-electron chi connectivity index (χ1n) is 6.65. The van der Waals surface area contributed by atoms with Crippen LogP contribution >= 0.6 is 0 Å². The third-order valence-electron chi connectivity index (χ3n) is 2.66. The van der Waals surface area contributed by atoms with Crippen molar-refractivity contribution in [3.63, 3.8) is 0 Å². The maximum Gasteiger partial charge on any atom is 0.0822 e. The van der Waals surface area contributed by atoms with Gasteiger partial charge >= 0.3 is 0 Å². The van der Waals surface area contributed by atoms with Gasteiger partial charge in [0, 0.05) is 0 Å². The zero-order chi connectivity index (χ0) is 11.2. The first-order chi connectivity index (χ1) is 7.41. The topological polar surface area (TPSA) is 19.9 Å². The highest BCUT2D eigenvalue weighted by molar-refractivity contribution is 4.80. The van der Waals surface area contributed by atoms with Crippen LogP contribution in [0.5, 0.6) is 0 Å². The van der Waals surface area contributed by atoms with Crippen molar-refractivity contribution in [1.82, 2.24) is 0 Å². The molecule has 0 aliphatic heterocycles. The lowest BCUT2D eigenvalue weighted by Gasteiger charge is -1.98. The average Bonchev–Trinajstić information content (AvgIpc) is 2.26. The van der Waals surface area contributed by atoms with E-state index in [1.165, 1.54) is 51.4 Å². The molecule has 0 aromatic rings. The predicted octanol–water partition coefficient (Wildman–Crippen LogP) is 4.89. The number of hydrogen-bond acceptors (Lipinski definition) is 0. The molecular formula is C14H27O. The third-order valence-corrected chi connectivity index (χ3v) is 2.66. The second-order valence-corrected chi connectivity index (χ2v) is 4.23. The van der Waals surface area contributed by atoms with Crippen molar-refractivity contribution in [1.29, 1.82) is 0 Å². The Morgan fingerprint density at radius 1 is 0.733 bits per heavy atom. The van der Waals surface area contributed by atoms with Crippen LogP contribution in [0.4, 0.5) is 0 Å². The van der Waals surface area contributed by atoms with Gasteiger partial charge < -0.3 is 0 Å². The Bertz CT molecular complexity index is 129. The summed E-state index contributed by atoms with van der Waals surface area (Å²) in [5.74, 6) is 0. The van der Waals surface area contributed by atoms with Gasteiger partial charge in [-0.15, -0.1) is 0 Å². The van der Waals surface area contributed by atoms with E-state index in [0.717, 1.165) is 12.8 Å². The number of unbranched alkanes of at least 4 members (excludes halogenated alkanes) is 8. The van der Waals surface area contributed by atoms with Crippen molar-refractivity contribution in [2.75, 3.05) is 6.61 Å². The highest BCUT2D eigenvalue weighted by atomic mass is 16.2. The molecule has 0 saturated carbocycles. The summed E-state index contributed by atoms with van der Waals surface area (Å²) in [6.45, 7) is 2.34. The van der Waals surface area contributed by atoms with E-state index in [1.807, 2.05) is 0 Å². The minimum Gasteiger partial charge on any atom is -0.237 e. The maximum atomic E-state index is 10.2. The van der Waals surface area contributed by atoms with Crippen LogP contribution in [-0.2, 0) is 5.11 Å². The fourth-order valence-corrected chi connectivity index (χ4v) is 1.63. The molecule has 0 saturated heterocycles. The first kappa shape index (κ1) is 14.7. The van der Waals surface area contributed by atoms with Gasteiger partial charge in [-0.1, -0.05) is 57.6 Å². The molecule has 0 fully saturated rings. The quantitative estimate of drug-likeness (QED) is 0.342. The Kier molecular flexibility index (Phi) is 13.4. The summed E-state index contributed by atoms with van der Waals surface area (Å²) in [5.41, 5.74) is 0. The molecule has 89 valence electrons. The molecule has 15 heavy (non-hydrogen) atoms. The van der Waals surface area contributed by atoms with E-state index >= 15 is 0 Å². The molecule has 0 bridgehead atoms. The predicted molar refractivity (Wildman–Crippen MR) is 66.5 cm³/mol. The lowest BCUT2D eigenvalue weighted by Crippen LogP contribution is -1.82. The van der Waals surface area contributed by atoms with Gasteiger partial charge in [0.25, 0.3) is 0 Å². The molecule has 0 amide bonds. The largest absolute Gasteiger partial charge is 0.237 e. The lowest BCUT2D eigenvalue weighted by molar-refractivity contribution is 0.186. The minimum atomic E-state index is 0.111. The first-order valence-corrected chi connectivity index (χ1v) is 6.65. The van der Waals surface area contributed by atoms with Gasteiger partial charge in [0.05, 0.1) is 6.61 Å². The summed E-state index contributed by atoms with van der Waals surface area (Å²) in [7, 11) is 0. The Morgan fingerprint density at radius 2 is 1.27 bits per heavy atom. The van der Waals surface area contributed by atoms with E-state index in [0.29, 0.717) is 0 Å². The van der Waals surface area contributed by atoms with E-state index in [1.54, 1.807) is 0 Å². The summed E-state index contributed by atoms with van der Waals surface area (Å²) in [6.07, 6.45) is 17.0. The van der Waals surface area contributed by atoms with Crippen LogP contribution in [0.15, 0.2) is 12.2 Å². The Hall–Kier alpha value is -0.300. The Balaban J connectivity index is 2.95. The molecule has 1 radical (unpaired) electrons. The van der Waals surface area contributed by atoms with Crippen LogP contribution in [-0.4, -0.2) is 6.61 Å². The van der Waals surface area contributed by atoms with E-state index in [4.69, 9.17) is 0 Å². The molecular weight excluding hydrogens is 184 g/mol. The SMILES string of the molecule is CCCC/C=C\CCCCCCCC[O]. The molecule has 0 heterocycles. The Labute approximate surface area is 95.6 Å². The van der Waals surface area contributed by atoms with Crippen LogP contribution in [0.25, 0.3) is 0 Å². The molecule has 0 aliphatic rings. The fourth-order valence-electron chi connectivity index (χ4n) is 1.63. The highest BCUT2D eigenvalue weighted by Crippen LogP contribution is 2.07. The average molecular weight is 211 g/mol. The number of hydrogen-bond donors (Lipinski definition) is 0. The monoisotopic (exact) mass is 211 g/mol. The van der Waals surface area contributed by atoms with Crippen molar-refractivity contribution in [2.24, 2.45) is 0 Å². The third kappa shape index (κ3) is 13.7.